The third kappa shape index (κ3) is 1.45. The number of rotatable bonds is 0. The monoisotopic (exact) mass is 262 g/mol. The van der Waals surface area contributed by atoms with Crippen LogP contribution in [0.5, 0.6) is 0 Å². The second-order valence-corrected chi connectivity index (χ2v) is 5.27. The van der Waals surface area contributed by atoms with Crippen molar-refractivity contribution in [3.05, 3.63) is 65.4 Å². The average Bonchev–Trinajstić information content (AvgIpc) is 2.50. The topological polar surface area (TPSA) is 40.5 Å². The van der Waals surface area contributed by atoms with Crippen LogP contribution in [0, 0.1) is 0 Å². The number of benzene rings is 3. The van der Waals surface area contributed by atoms with E-state index in [9.17, 15) is 10.2 Å². The highest BCUT2D eigenvalue weighted by atomic mass is 16.3. The summed E-state index contributed by atoms with van der Waals surface area (Å²) in [5.41, 5.74) is 1.89. The zero-order chi connectivity index (χ0) is 13.7. The maximum absolute atomic E-state index is 10.0. The highest BCUT2D eigenvalue weighted by molar-refractivity contribution is 6.09. The molecule has 0 bridgehead atoms. The van der Waals surface area contributed by atoms with Crippen molar-refractivity contribution in [1.82, 2.24) is 0 Å². The van der Waals surface area contributed by atoms with E-state index in [1.165, 1.54) is 21.5 Å². The lowest BCUT2D eigenvalue weighted by Crippen LogP contribution is -2.05. The predicted molar refractivity (Wildman–Crippen MR) is 82.0 cm³/mol. The van der Waals surface area contributed by atoms with E-state index < -0.39 is 0 Å². The zero-order valence-corrected chi connectivity index (χ0v) is 10.9. The van der Waals surface area contributed by atoms with Gasteiger partial charge in [-0.05, 0) is 33.5 Å². The lowest BCUT2D eigenvalue weighted by Gasteiger charge is -2.19. The Morgan fingerprint density at radius 2 is 1.50 bits per heavy atom. The van der Waals surface area contributed by atoms with Crippen molar-refractivity contribution in [1.29, 1.82) is 0 Å². The summed E-state index contributed by atoms with van der Waals surface area (Å²) in [6.45, 7) is 0. The van der Waals surface area contributed by atoms with E-state index in [0.717, 1.165) is 17.5 Å². The fourth-order valence-electron chi connectivity index (χ4n) is 3.16. The Kier molecular flexibility index (Phi) is 2.27. The lowest BCUT2D eigenvalue weighted by molar-refractivity contribution is 0.356. The first kappa shape index (κ1) is 11.4. The summed E-state index contributed by atoms with van der Waals surface area (Å²) in [4.78, 5) is 0. The van der Waals surface area contributed by atoms with Gasteiger partial charge in [-0.15, -0.1) is 0 Å². The van der Waals surface area contributed by atoms with Gasteiger partial charge in [-0.1, -0.05) is 48.5 Å². The van der Waals surface area contributed by atoms with E-state index in [1.807, 2.05) is 24.3 Å². The van der Waals surface area contributed by atoms with Gasteiger partial charge in [-0.2, -0.15) is 0 Å². The highest BCUT2D eigenvalue weighted by Crippen LogP contribution is 2.36. The summed E-state index contributed by atoms with van der Waals surface area (Å²) in [6.07, 6.45) is 1.27. The Bertz CT molecular complexity index is 875. The van der Waals surface area contributed by atoms with Crippen molar-refractivity contribution in [3.63, 3.8) is 0 Å². The normalized spacial score (nSPS) is 14.8. The molecule has 3 aromatic carbocycles. The van der Waals surface area contributed by atoms with Crippen LogP contribution in [0.15, 0.2) is 54.3 Å². The van der Waals surface area contributed by atoms with Crippen molar-refractivity contribution in [2.24, 2.45) is 0 Å². The van der Waals surface area contributed by atoms with Gasteiger partial charge in [0.1, 0.15) is 5.76 Å². The van der Waals surface area contributed by atoms with Crippen LogP contribution < -0.4 is 0 Å². The molecule has 0 aromatic heterocycles. The molecule has 20 heavy (non-hydrogen) atoms. The Labute approximate surface area is 116 Å². The number of aliphatic hydroxyl groups is 2. The Balaban J connectivity index is 2.14. The minimum atomic E-state index is 0.0290. The van der Waals surface area contributed by atoms with Crippen molar-refractivity contribution in [2.45, 2.75) is 12.8 Å². The van der Waals surface area contributed by atoms with Gasteiger partial charge in [-0.3, -0.25) is 0 Å². The van der Waals surface area contributed by atoms with Gasteiger partial charge in [0.15, 0.2) is 5.76 Å². The third-order valence-corrected chi connectivity index (χ3v) is 4.18. The molecule has 1 aliphatic carbocycles. The minimum Gasteiger partial charge on any atom is -0.508 e. The summed E-state index contributed by atoms with van der Waals surface area (Å²) in [5, 5.41) is 24.6. The molecule has 2 heteroatoms. The molecule has 0 fully saturated rings. The van der Waals surface area contributed by atoms with Crippen molar-refractivity contribution in [3.8, 4) is 0 Å². The first-order valence-corrected chi connectivity index (χ1v) is 6.80. The van der Waals surface area contributed by atoms with Gasteiger partial charge in [0.05, 0.1) is 0 Å². The van der Waals surface area contributed by atoms with E-state index in [-0.39, 0.29) is 11.5 Å². The van der Waals surface area contributed by atoms with E-state index in [1.54, 1.807) is 0 Å². The summed E-state index contributed by atoms with van der Waals surface area (Å²) < 4.78 is 0. The molecule has 3 aromatic rings. The number of allylic oxidation sites excluding steroid dienone is 1. The van der Waals surface area contributed by atoms with Crippen LogP contribution in [0.2, 0.25) is 0 Å². The number of hydrogen-bond acceptors (Lipinski definition) is 2. The molecule has 0 radical (unpaired) electrons. The lowest BCUT2D eigenvalue weighted by atomic mass is 9.88. The molecule has 2 N–H and O–H groups in total. The number of aliphatic hydroxyl groups excluding tert-OH is 2. The van der Waals surface area contributed by atoms with Crippen LogP contribution in [0.25, 0.3) is 27.3 Å². The number of hydrogen-bond donors (Lipinski definition) is 2. The highest BCUT2D eigenvalue weighted by Gasteiger charge is 2.20. The van der Waals surface area contributed by atoms with Crippen LogP contribution in [0.4, 0.5) is 0 Å². The smallest absolute Gasteiger partial charge is 0.160 e. The Morgan fingerprint density at radius 3 is 2.40 bits per heavy atom. The molecular weight excluding hydrogens is 248 g/mol. The largest absolute Gasteiger partial charge is 0.508 e. The summed E-state index contributed by atoms with van der Waals surface area (Å²) in [5.74, 6) is 0.124. The van der Waals surface area contributed by atoms with Gasteiger partial charge in [-0.25, -0.2) is 0 Å². The van der Waals surface area contributed by atoms with E-state index in [0.29, 0.717) is 6.42 Å². The van der Waals surface area contributed by atoms with Crippen LogP contribution in [-0.4, -0.2) is 10.2 Å². The molecule has 0 saturated heterocycles. The van der Waals surface area contributed by atoms with Crippen LogP contribution in [0.3, 0.4) is 0 Å². The molecule has 98 valence electrons. The summed E-state index contributed by atoms with van der Waals surface area (Å²) in [6, 6.07) is 16.5. The molecule has 0 heterocycles. The van der Waals surface area contributed by atoms with Gasteiger partial charge in [0.25, 0.3) is 0 Å². The fourth-order valence-corrected chi connectivity index (χ4v) is 3.16. The number of fused-ring (bicyclic) bond motifs is 5. The molecule has 0 atom stereocenters. The third-order valence-electron chi connectivity index (χ3n) is 4.18. The molecule has 1 aliphatic rings. The summed E-state index contributed by atoms with van der Waals surface area (Å²) >= 11 is 0. The Hall–Kier alpha value is -2.48. The zero-order valence-electron chi connectivity index (χ0n) is 10.9. The standard InChI is InChI=1S/C18H14O2/c19-17-10-9-15-14-6-5-11-3-1-2-4-12(11)13(14)7-8-16(15)18(17)20/h1-8,19-20H,9-10H2. The van der Waals surface area contributed by atoms with Crippen molar-refractivity contribution in [2.75, 3.05) is 0 Å². The summed E-state index contributed by atoms with van der Waals surface area (Å²) in [7, 11) is 0. The maximum Gasteiger partial charge on any atom is 0.160 e. The van der Waals surface area contributed by atoms with Crippen LogP contribution in [-0.2, 0) is 6.42 Å². The van der Waals surface area contributed by atoms with Crippen LogP contribution in [0.1, 0.15) is 17.5 Å². The molecule has 0 unspecified atom stereocenters. The van der Waals surface area contributed by atoms with Gasteiger partial charge in [0, 0.05) is 12.0 Å². The number of aryl methyl sites for hydroxylation is 1. The first-order chi connectivity index (χ1) is 9.75. The van der Waals surface area contributed by atoms with E-state index in [4.69, 9.17) is 0 Å². The molecule has 4 rings (SSSR count). The van der Waals surface area contributed by atoms with Crippen molar-refractivity contribution < 1.29 is 10.2 Å². The molecule has 0 amide bonds. The molecular formula is C18H14O2. The van der Waals surface area contributed by atoms with Gasteiger partial charge >= 0.3 is 0 Å². The predicted octanol–water partition coefficient (Wildman–Crippen LogP) is 4.72. The van der Waals surface area contributed by atoms with E-state index in [2.05, 4.69) is 24.3 Å². The molecule has 0 spiro atoms. The SMILES string of the molecule is OC1=C(O)c2ccc3c(ccc4ccccc43)c2CC1. The van der Waals surface area contributed by atoms with Crippen LogP contribution >= 0.6 is 0 Å². The maximum atomic E-state index is 10.0. The quantitative estimate of drug-likeness (QED) is 0.575. The second-order valence-electron chi connectivity index (χ2n) is 5.27. The van der Waals surface area contributed by atoms with Gasteiger partial charge in [0.2, 0.25) is 0 Å². The van der Waals surface area contributed by atoms with Crippen molar-refractivity contribution >= 4 is 27.3 Å². The minimum absolute atomic E-state index is 0.0290. The molecule has 0 saturated carbocycles. The Morgan fingerprint density at radius 1 is 0.700 bits per heavy atom. The van der Waals surface area contributed by atoms with Gasteiger partial charge < -0.3 is 10.2 Å². The second kappa shape index (κ2) is 4.01. The first-order valence-electron chi connectivity index (χ1n) is 6.80. The van der Waals surface area contributed by atoms with E-state index >= 15 is 0 Å². The molecule has 2 nitrogen and oxygen atoms in total. The molecule has 0 aliphatic heterocycles. The average molecular weight is 262 g/mol. The fraction of sp³-hybridized carbons (Fsp3) is 0.111.